The number of carbonyl (C=O) groups excluding carboxylic acids is 1. The van der Waals surface area contributed by atoms with Gasteiger partial charge in [-0.2, -0.15) is 0 Å². The van der Waals surface area contributed by atoms with Crippen molar-refractivity contribution in [2.45, 2.75) is 13.5 Å². The predicted molar refractivity (Wildman–Crippen MR) is 130 cm³/mol. The van der Waals surface area contributed by atoms with Crippen LogP contribution in [0.1, 0.15) is 21.7 Å². The lowest BCUT2D eigenvalue weighted by Crippen LogP contribution is -2.24. The Hall–Kier alpha value is -4.33. The maximum atomic E-state index is 13.3. The van der Waals surface area contributed by atoms with Gasteiger partial charge in [-0.15, -0.1) is 0 Å². The highest BCUT2D eigenvalue weighted by atomic mass is 16.5. The molecule has 0 aliphatic rings. The number of benzene rings is 3. The van der Waals surface area contributed by atoms with Crippen LogP contribution in [0.4, 0.5) is 5.69 Å². The van der Waals surface area contributed by atoms with E-state index in [9.17, 15) is 9.59 Å². The van der Waals surface area contributed by atoms with E-state index in [2.05, 4.69) is 10.3 Å². The summed E-state index contributed by atoms with van der Waals surface area (Å²) in [6.45, 7) is 2.22. The third-order valence-electron chi connectivity index (χ3n) is 5.51. The average molecular weight is 460 g/mol. The number of aryl methyl sites for hydroxylation is 1. The number of anilines is 1. The largest absolute Gasteiger partial charge is 0.493 e. The van der Waals surface area contributed by atoms with Crippen molar-refractivity contribution in [3.05, 3.63) is 88.0 Å². The van der Waals surface area contributed by atoms with Crippen molar-refractivity contribution in [2.24, 2.45) is 0 Å². The van der Waals surface area contributed by atoms with E-state index < -0.39 is 0 Å². The Morgan fingerprint density at radius 1 is 0.941 bits per heavy atom. The monoisotopic (exact) mass is 459 g/mol. The van der Waals surface area contributed by atoms with Crippen LogP contribution in [0.25, 0.3) is 10.9 Å². The van der Waals surface area contributed by atoms with E-state index in [1.165, 1.54) is 21.3 Å². The summed E-state index contributed by atoms with van der Waals surface area (Å²) in [5.74, 6) is 1.37. The van der Waals surface area contributed by atoms with Crippen molar-refractivity contribution >= 4 is 22.5 Å². The summed E-state index contributed by atoms with van der Waals surface area (Å²) < 4.78 is 17.6. The van der Waals surface area contributed by atoms with Crippen LogP contribution < -0.4 is 25.1 Å². The number of carbonyl (C=O) groups is 1. The molecule has 0 spiro atoms. The number of methoxy groups -OCH3 is 3. The van der Waals surface area contributed by atoms with E-state index in [4.69, 9.17) is 14.2 Å². The second kappa shape index (κ2) is 9.66. The van der Waals surface area contributed by atoms with E-state index in [1.807, 2.05) is 37.3 Å². The van der Waals surface area contributed by atoms with Crippen molar-refractivity contribution in [2.75, 3.05) is 26.6 Å². The third-order valence-corrected chi connectivity index (χ3v) is 5.51. The van der Waals surface area contributed by atoms with Gasteiger partial charge in [0.05, 0.1) is 38.8 Å². The lowest BCUT2D eigenvalue weighted by atomic mass is 10.1. The van der Waals surface area contributed by atoms with Crippen LogP contribution in [0.15, 0.2) is 65.5 Å². The number of fused-ring (bicyclic) bond motifs is 1. The highest BCUT2D eigenvalue weighted by Crippen LogP contribution is 2.38. The number of amides is 1. The molecule has 4 aromatic rings. The molecule has 34 heavy (non-hydrogen) atoms. The first-order valence-corrected chi connectivity index (χ1v) is 10.6. The van der Waals surface area contributed by atoms with Crippen LogP contribution in [0.3, 0.4) is 0 Å². The Morgan fingerprint density at radius 3 is 2.24 bits per heavy atom. The number of hydrogen-bond acceptors (Lipinski definition) is 6. The zero-order valence-electron chi connectivity index (χ0n) is 19.4. The number of rotatable bonds is 7. The summed E-state index contributed by atoms with van der Waals surface area (Å²) in [7, 11) is 4.46. The molecule has 174 valence electrons. The van der Waals surface area contributed by atoms with Crippen LogP contribution in [0, 0.1) is 6.92 Å². The molecule has 8 heteroatoms. The van der Waals surface area contributed by atoms with Crippen molar-refractivity contribution in [3.63, 3.8) is 0 Å². The second-order valence-corrected chi connectivity index (χ2v) is 7.64. The molecular weight excluding hydrogens is 434 g/mol. The molecule has 8 nitrogen and oxygen atoms in total. The highest BCUT2D eigenvalue weighted by Gasteiger charge is 2.18. The Morgan fingerprint density at radius 2 is 1.62 bits per heavy atom. The minimum atomic E-state index is -0.386. The summed E-state index contributed by atoms with van der Waals surface area (Å²) in [4.78, 5) is 30.8. The minimum absolute atomic E-state index is 0.171. The highest BCUT2D eigenvalue weighted by molar-refractivity contribution is 6.05. The van der Waals surface area contributed by atoms with Crippen LogP contribution >= 0.6 is 0 Å². The second-order valence-electron chi connectivity index (χ2n) is 7.64. The summed E-state index contributed by atoms with van der Waals surface area (Å²) in [6.07, 6.45) is 0. The summed E-state index contributed by atoms with van der Waals surface area (Å²) in [5.41, 5.74) is 2.19. The predicted octanol–water partition coefficient (Wildman–Crippen LogP) is 4.03. The van der Waals surface area contributed by atoms with Gasteiger partial charge in [0.25, 0.3) is 11.5 Å². The van der Waals surface area contributed by atoms with E-state index in [-0.39, 0.29) is 11.5 Å². The van der Waals surface area contributed by atoms with Gasteiger partial charge >= 0.3 is 0 Å². The van der Waals surface area contributed by atoms with Crippen LogP contribution in [0.2, 0.25) is 0 Å². The Bertz CT molecular complexity index is 1390. The molecule has 0 aliphatic carbocycles. The first-order valence-electron chi connectivity index (χ1n) is 10.6. The molecule has 0 bridgehead atoms. The molecule has 0 radical (unpaired) electrons. The van der Waals surface area contributed by atoms with Crippen molar-refractivity contribution in [3.8, 4) is 17.2 Å². The minimum Gasteiger partial charge on any atom is -0.493 e. The molecule has 1 amide bonds. The lowest BCUT2D eigenvalue weighted by Gasteiger charge is -2.14. The molecule has 1 N–H and O–H groups in total. The van der Waals surface area contributed by atoms with Gasteiger partial charge in [0.15, 0.2) is 11.5 Å². The Balaban J connectivity index is 1.68. The number of ether oxygens (including phenoxy) is 3. The lowest BCUT2D eigenvalue weighted by molar-refractivity contribution is 0.102. The van der Waals surface area contributed by atoms with Crippen LogP contribution in [-0.2, 0) is 6.54 Å². The van der Waals surface area contributed by atoms with E-state index >= 15 is 0 Å². The first-order chi connectivity index (χ1) is 16.4. The summed E-state index contributed by atoms with van der Waals surface area (Å²) in [6, 6.07) is 17.9. The van der Waals surface area contributed by atoms with Gasteiger partial charge in [0.1, 0.15) is 5.82 Å². The number of nitrogens with one attached hydrogen (secondary N) is 1. The Labute approximate surface area is 196 Å². The molecule has 0 aliphatic heterocycles. The third kappa shape index (κ3) is 4.43. The van der Waals surface area contributed by atoms with E-state index in [0.717, 1.165) is 5.56 Å². The fraction of sp³-hybridized carbons (Fsp3) is 0.192. The smallest absolute Gasteiger partial charge is 0.261 e. The molecule has 0 fully saturated rings. The van der Waals surface area contributed by atoms with Gasteiger partial charge in [-0.1, -0.05) is 30.3 Å². The van der Waals surface area contributed by atoms with E-state index in [0.29, 0.717) is 51.8 Å². The Kier molecular flexibility index (Phi) is 6.49. The average Bonchev–Trinajstić information content (AvgIpc) is 2.86. The van der Waals surface area contributed by atoms with Gasteiger partial charge in [-0.3, -0.25) is 14.2 Å². The summed E-state index contributed by atoms with van der Waals surface area (Å²) in [5, 5.41) is 3.26. The maximum absolute atomic E-state index is 13.3. The fourth-order valence-corrected chi connectivity index (χ4v) is 3.78. The molecule has 0 saturated carbocycles. The zero-order chi connectivity index (χ0) is 24.2. The standard InChI is InChI=1S/C26H25N3O5/c1-16-27-21-11-10-19(14-20(21)26(31)29(16)15-17-8-6-5-7-9-17)28-25(30)18-12-22(32-2)24(34-4)23(13-18)33-3/h5-14H,15H2,1-4H3,(H,28,30). The molecule has 0 unspecified atom stereocenters. The topological polar surface area (TPSA) is 91.7 Å². The van der Waals surface area contributed by atoms with E-state index in [1.54, 1.807) is 34.9 Å². The van der Waals surface area contributed by atoms with Gasteiger partial charge in [0, 0.05) is 11.3 Å². The quantitative estimate of drug-likeness (QED) is 0.449. The molecule has 3 aromatic carbocycles. The van der Waals surface area contributed by atoms with Crippen LogP contribution in [0.5, 0.6) is 17.2 Å². The van der Waals surface area contributed by atoms with Crippen molar-refractivity contribution in [1.82, 2.24) is 9.55 Å². The van der Waals surface area contributed by atoms with Crippen molar-refractivity contribution < 1.29 is 19.0 Å². The molecule has 0 atom stereocenters. The first kappa shape index (κ1) is 22.8. The molecule has 1 aromatic heterocycles. The van der Waals surface area contributed by atoms with Gasteiger partial charge in [-0.25, -0.2) is 4.98 Å². The fourth-order valence-electron chi connectivity index (χ4n) is 3.78. The normalized spacial score (nSPS) is 10.7. The van der Waals surface area contributed by atoms with Crippen molar-refractivity contribution in [1.29, 1.82) is 0 Å². The molecular formula is C26H25N3O5. The maximum Gasteiger partial charge on any atom is 0.261 e. The van der Waals surface area contributed by atoms with Crippen LogP contribution in [-0.4, -0.2) is 36.8 Å². The number of aromatic nitrogens is 2. The van der Waals surface area contributed by atoms with Gasteiger partial charge in [0.2, 0.25) is 5.75 Å². The molecule has 1 heterocycles. The SMILES string of the molecule is COc1cc(C(=O)Nc2ccc3nc(C)n(Cc4ccccc4)c(=O)c3c2)cc(OC)c1OC. The number of hydrogen-bond donors (Lipinski definition) is 1. The van der Waals surface area contributed by atoms with Gasteiger partial charge < -0.3 is 19.5 Å². The number of nitrogens with zero attached hydrogens (tertiary/aromatic N) is 2. The summed E-state index contributed by atoms with van der Waals surface area (Å²) >= 11 is 0. The van der Waals surface area contributed by atoms with Gasteiger partial charge in [-0.05, 0) is 42.8 Å². The molecule has 4 rings (SSSR count). The molecule has 0 saturated heterocycles. The zero-order valence-corrected chi connectivity index (χ0v) is 19.4.